The lowest BCUT2D eigenvalue weighted by atomic mass is 9.80. The Bertz CT molecular complexity index is 2700. The number of carbonyl (C=O) groups is 2. The van der Waals surface area contributed by atoms with Gasteiger partial charge in [-0.15, -0.1) is 0 Å². The Morgan fingerprint density at radius 3 is 1.63 bits per heavy atom. The number of halogens is 1. The molecule has 8 nitrogen and oxygen atoms in total. The zero-order valence-corrected chi connectivity index (χ0v) is 35.7. The van der Waals surface area contributed by atoms with E-state index >= 15 is 0 Å². The predicted molar refractivity (Wildman–Crippen MR) is 244 cm³/mol. The Labute approximate surface area is 370 Å². The molecule has 4 aliphatic rings. The summed E-state index contributed by atoms with van der Waals surface area (Å²) in [5.41, 5.74) is 9.42. The number of benzene rings is 6. The molecule has 0 fully saturated rings. The molecule has 2 spiro atoms. The molecular formula is C52H44BBrN2O6. The van der Waals surface area contributed by atoms with E-state index in [9.17, 15) is 9.59 Å². The summed E-state index contributed by atoms with van der Waals surface area (Å²) in [6.07, 6.45) is 8.32. The van der Waals surface area contributed by atoms with Gasteiger partial charge in [-0.25, -0.2) is 4.85 Å². The summed E-state index contributed by atoms with van der Waals surface area (Å²) in [4.78, 5) is 29.2. The van der Waals surface area contributed by atoms with E-state index in [1.54, 1.807) is 24.3 Å². The number of ether oxygens (including phenoxy) is 2. The van der Waals surface area contributed by atoms with E-state index in [-0.39, 0.29) is 17.2 Å². The fourth-order valence-corrected chi connectivity index (χ4v) is 9.37. The van der Waals surface area contributed by atoms with Gasteiger partial charge < -0.3 is 19.5 Å². The minimum Gasteiger partial charge on any atom is -0.486 e. The molecule has 0 unspecified atom stereocenters. The highest BCUT2D eigenvalue weighted by Gasteiger charge is 2.42. The Morgan fingerprint density at radius 1 is 0.613 bits per heavy atom. The minimum absolute atomic E-state index is 0.153. The Kier molecular flexibility index (Phi) is 12.6. The second-order valence-electron chi connectivity index (χ2n) is 16.4. The van der Waals surface area contributed by atoms with Crippen LogP contribution in [0.5, 0.6) is 11.5 Å². The van der Waals surface area contributed by atoms with Gasteiger partial charge in [-0.05, 0) is 139 Å². The number of ketones is 2. The highest BCUT2D eigenvalue weighted by Crippen LogP contribution is 2.43. The molecule has 10 heteroatoms. The van der Waals surface area contributed by atoms with Crippen LogP contribution in [0.4, 0.5) is 5.69 Å². The molecular weight excluding hydrogens is 839 g/mol. The smallest absolute Gasteiger partial charge is 0.486 e. The van der Waals surface area contributed by atoms with Crippen LogP contribution in [-0.4, -0.2) is 39.9 Å². The highest BCUT2D eigenvalue weighted by atomic mass is 79.9. The van der Waals surface area contributed by atoms with Crippen molar-refractivity contribution in [1.29, 1.82) is 5.26 Å². The molecule has 2 N–H and O–H groups in total. The molecule has 2 aliphatic heterocycles. The molecule has 2 aliphatic carbocycles. The van der Waals surface area contributed by atoms with E-state index in [0.29, 0.717) is 46.4 Å². The summed E-state index contributed by atoms with van der Waals surface area (Å²) in [5, 5.41) is 25.8. The van der Waals surface area contributed by atoms with Crippen LogP contribution in [-0.2, 0) is 25.7 Å². The van der Waals surface area contributed by atoms with E-state index in [1.165, 1.54) is 28.3 Å². The van der Waals surface area contributed by atoms with Crippen molar-refractivity contribution in [2.45, 2.75) is 75.4 Å². The van der Waals surface area contributed by atoms with E-state index in [4.69, 9.17) is 31.4 Å². The molecule has 0 aromatic heterocycles. The molecule has 10 rings (SSSR count). The number of Topliss-reactive ketones (excluding diaryl/α,β-unsaturated/α-hetero) is 2. The standard InChI is InChI=1S/C26H21NO2.C19H17BrO2.C7H6BNO2/c1-27-22-8-4-7-20(15-22)21-9-10-25-23(16-21)24(28)17-26(29-25)13-11-18-5-2-3-6-19(18)12-14-26;20-15-5-6-18-16(11-15)17(21)12-19(22-18)9-7-13-3-1-2-4-14(13)8-10-19;9-5-6-2-1-3-7(4-6)8(10)11/h2-10,15-16H,11-14,17H2;1-6,11H,7-10,12H2;1-4,10-11H. The van der Waals surface area contributed by atoms with Gasteiger partial charge in [-0.3, -0.25) is 9.59 Å². The second kappa shape index (κ2) is 18.4. The number of aryl methyl sites for hydroxylation is 4. The molecule has 0 saturated carbocycles. The number of nitrogens with zero attached hydrogens (tertiary/aromatic N) is 2. The molecule has 0 saturated heterocycles. The number of hydrogen-bond donors (Lipinski definition) is 2. The third-order valence-corrected chi connectivity index (χ3v) is 12.9. The topological polar surface area (TPSA) is 121 Å². The summed E-state index contributed by atoms with van der Waals surface area (Å²) in [6, 6.07) is 44.3. The molecule has 0 bridgehead atoms. The van der Waals surface area contributed by atoms with Gasteiger partial charge in [0.15, 0.2) is 17.3 Å². The molecule has 6 aromatic carbocycles. The van der Waals surface area contributed by atoms with Gasteiger partial charge in [-0.2, -0.15) is 5.26 Å². The molecule has 0 amide bonds. The quantitative estimate of drug-likeness (QED) is 0.131. The summed E-state index contributed by atoms with van der Waals surface area (Å²) in [7, 11) is -1.50. The third-order valence-electron chi connectivity index (χ3n) is 12.4. The van der Waals surface area contributed by atoms with Crippen LogP contribution >= 0.6 is 15.9 Å². The molecule has 0 atom stereocenters. The molecule has 308 valence electrons. The number of nitriles is 1. The van der Waals surface area contributed by atoms with Crippen LogP contribution in [0.3, 0.4) is 0 Å². The van der Waals surface area contributed by atoms with Crippen LogP contribution < -0.4 is 14.9 Å². The van der Waals surface area contributed by atoms with Gasteiger partial charge in [0.1, 0.15) is 22.7 Å². The lowest BCUT2D eigenvalue weighted by molar-refractivity contribution is 0.0295. The molecule has 2 heterocycles. The van der Waals surface area contributed by atoms with Crippen molar-refractivity contribution in [3.8, 4) is 28.7 Å². The lowest BCUT2D eigenvalue weighted by Crippen LogP contribution is -2.42. The largest absolute Gasteiger partial charge is 0.488 e. The maximum atomic E-state index is 13.1. The maximum absolute atomic E-state index is 13.1. The van der Waals surface area contributed by atoms with Crippen LogP contribution in [0.15, 0.2) is 138 Å². The molecule has 6 aromatic rings. The number of hydrogen-bond acceptors (Lipinski definition) is 7. The molecule has 62 heavy (non-hydrogen) atoms. The summed E-state index contributed by atoms with van der Waals surface area (Å²) >= 11 is 3.43. The van der Waals surface area contributed by atoms with Crippen LogP contribution in [0.2, 0.25) is 0 Å². The Balaban J connectivity index is 0.000000141. The van der Waals surface area contributed by atoms with Crippen molar-refractivity contribution < 1.29 is 29.1 Å². The van der Waals surface area contributed by atoms with E-state index in [0.717, 1.165) is 72.7 Å². The first-order valence-corrected chi connectivity index (χ1v) is 21.7. The van der Waals surface area contributed by atoms with E-state index in [2.05, 4.69) is 69.3 Å². The Hall–Kier alpha value is -6.30. The van der Waals surface area contributed by atoms with Crippen LogP contribution in [0.25, 0.3) is 16.0 Å². The summed E-state index contributed by atoms with van der Waals surface area (Å²) < 4.78 is 13.8. The van der Waals surface area contributed by atoms with Gasteiger partial charge >= 0.3 is 7.12 Å². The van der Waals surface area contributed by atoms with E-state index < -0.39 is 12.7 Å². The fourth-order valence-electron chi connectivity index (χ4n) is 9.01. The minimum atomic E-state index is -1.50. The second-order valence-corrected chi connectivity index (χ2v) is 17.3. The monoisotopic (exact) mass is 882 g/mol. The maximum Gasteiger partial charge on any atom is 0.488 e. The Morgan fingerprint density at radius 2 is 1.11 bits per heavy atom. The van der Waals surface area contributed by atoms with Crippen LogP contribution in [0, 0.1) is 17.9 Å². The van der Waals surface area contributed by atoms with Crippen LogP contribution in [0.1, 0.15) is 87.1 Å². The van der Waals surface area contributed by atoms with Gasteiger partial charge in [0.2, 0.25) is 0 Å². The van der Waals surface area contributed by atoms with Crippen molar-refractivity contribution in [2.24, 2.45) is 0 Å². The fraction of sp³-hybridized carbons (Fsp3) is 0.231. The first-order chi connectivity index (χ1) is 30.0. The van der Waals surface area contributed by atoms with Gasteiger partial charge in [-0.1, -0.05) is 101 Å². The predicted octanol–water partition coefficient (Wildman–Crippen LogP) is 10.2. The van der Waals surface area contributed by atoms with Crippen molar-refractivity contribution in [1.82, 2.24) is 0 Å². The van der Waals surface area contributed by atoms with Gasteiger partial charge in [0.25, 0.3) is 0 Å². The number of fused-ring (bicyclic) bond motifs is 4. The van der Waals surface area contributed by atoms with E-state index in [1.807, 2.05) is 60.7 Å². The highest BCUT2D eigenvalue weighted by molar-refractivity contribution is 9.10. The first kappa shape index (κ1) is 42.4. The average molecular weight is 884 g/mol. The lowest BCUT2D eigenvalue weighted by Gasteiger charge is -2.37. The number of carbonyl (C=O) groups excluding carboxylic acids is 2. The zero-order valence-electron chi connectivity index (χ0n) is 34.1. The molecule has 0 radical (unpaired) electrons. The van der Waals surface area contributed by atoms with Gasteiger partial charge in [0.05, 0.1) is 42.2 Å². The average Bonchev–Trinajstić information content (AvgIpc) is 3.59. The normalized spacial score (nSPS) is 16.2. The van der Waals surface area contributed by atoms with Crippen molar-refractivity contribution in [3.63, 3.8) is 0 Å². The van der Waals surface area contributed by atoms with Crippen molar-refractivity contribution >= 4 is 45.8 Å². The first-order valence-electron chi connectivity index (χ1n) is 20.9. The van der Waals surface area contributed by atoms with Crippen molar-refractivity contribution in [3.05, 3.63) is 188 Å². The SMILES string of the molecule is N#Cc1cccc(B(O)O)c1.O=C1CC2(CCc3ccccc3CC2)Oc2ccc(Br)cc21.[C-]#[N+]c1cccc(-c2ccc3c(c2)C(=O)CC2(CCc4ccccc4CC2)O3)c1. The summed E-state index contributed by atoms with van der Waals surface area (Å²) in [6.45, 7) is 7.21. The van der Waals surface area contributed by atoms with Crippen molar-refractivity contribution in [2.75, 3.05) is 0 Å². The zero-order chi connectivity index (χ0) is 43.3. The van der Waals surface area contributed by atoms with Gasteiger partial charge in [0, 0.05) is 4.47 Å². The summed E-state index contributed by atoms with van der Waals surface area (Å²) in [5.74, 6) is 1.79. The number of rotatable bonds is 2. The third kappa shape index (κ3) is 9.44.